The summed E-state index contributed by atoms with van der Waals surface area (Å²) in [5.74, 6) is 1.21. The van der Waals surface area contributed by atoms with Crippen molar-refractivity contribution >= 4 is 17.4 Å². The van der Waals surface area contributed by atoms with Gasteiger partial charge in [-0.05, 0) is 50.6 Å². The second-order valence-electron chi connectivity index (χ2n) is 4.57. The number of aryl methyl sites for hydroxylation is 2. The Morgan fingerprint density at radius 2 is 1.74 bits per heavy atom. The Labute approximate surface area is 118 Å². The van der Waals surface area contributed by atoms with Crippen molar-refractivity contribution in [1.29, 1.82) is 0 Å². The van der Waals surface area contributed by atoms with Gasteiger partial charge in [-0.25, -0.2) is 0 Å². The Hall–Kier alpha value is -1.80. The summed E-state index contributed by atoms with van der Waals surface area (Å²) in [6, 6.07) is 11.0. The average molecular weight is 275 g/mol. The van der Waals surface area contributed by atoms with Crippen LogP contribution >= 0.6 is 11.6 Å². The second kappa shape index (κ2) is 5.45. The van der Waals surface area contributed by atoms with E-state index < -0.39 is 0 Å². The maximum absolute atomic E-state index is 11.6. The third-order valence-electron chi connectivity index (χ3n) is 2.87. The number of benzene rings is 2. The van der Waals surface area contributed by atoms with E-state index in [0.29, 0.717) is 16.3 Å². The largest absolute Gasteiger partial charge is 0.456 e. The summed E-state index contributed by atoms with van der Waals surface area (Å²) in [6.45, 7) is 5.51. The lowest BCUT2D eigenvalue weighted by molar-refractivity contribution is 0.101. The van der Waals surface area contributed by atoms with Gasteiger partial charge < -0.3 is 4.74 Å². The van der Waals surface area contributed by atoms with Crippen LogP contribution in [0.15, 0.2) is 36.4 Å². The number of carbonyl (C=O) groups is 1. The highest BCUT2D eigenvalue weighted by Gasteiger charge is 2.11. The van der Waals surface area contributed by atoms with E-state index in [2.05, 4.69) is 0 Å². The van der Waals surface area contributed by atoms with Crippen molar-refractivity contribution in [3.05, 3.63) is 58.1 Å². The number of ketones is 1. The predicted octanol–water partition coefficient (Wildman–Crippen LogP) is 4.95. The van der Waals surface area contributed by atoms with E-state index in [1.54, 1.807) is 18.2 Å². The lowest BCUT2D eigenvalue weighted by Gasteiger charge is -2.12. The lowest BCUT2D eigenvalue weighted by atomic mass is 10.1. The van der Waals surface area contributed by atoms with Crippen LogP contribution in [0.25, 0.3) is 0 Å². The fourth-order valence-electron chi connectivity index (χ4n) is 1.90. The molecule has 2 aromatic rings. The smallest absolute Gasteiger partial charge is 0.163 e. The highest BCUT2D eigenvalue weighted by Crippen LogP contribution is 2.30. The number of Topliss-reactive ketones (excluding diaryl/α,β-unsaturated/α-hetero) is 1. The Kier molecular flexibility index (Phi) is 3.91. The summed E-state index contributed by atoms with van der Waals surface area (Å²) >= 11 is 5.91. The van der Waals surface area contributed by atoms with E-state index in [1.165, 1.54) is 12.5 Å². The molecule has 0 N–H and O–H groups in total. The van der Waals surface area contributed by atoms with E-state index in [9.17, 15) is 4.79 Å². The minimum atomic E-state index is -0.0673. The van der Waals surface area contributed by atoms with Gasteiger partial charge in [0.1, 0.15) is 11.5 Å². The van der Waals surface area contributed by atoms with Gasteiger partial charge in [0, 0.05) is 5.02 Å². The van der Waals surface area contributed by atoms with Gasteiger partial charge in [-0.1, -0.05) is 29.3 Å². The Morgan fingerprint density at radius 1 is 1.05 bits per heavy atom. The first-order valence-electron chi connectivity index (χ1n) is 6.03. The van der Waals surface area contributed by atoms with Crippen LogP contribution in [-0.2, 0) is 0 Å². The van der Waals surface area contributed by atoms with Gasteiger partial charge in [0.2, 0.25) is 0 Å². The summed E-state index contributed by atoms with van der Waals surface area (Å²) in [6.07, 6.45) is 0. The van der Waals surface area contributed by atoms with Crippen molar-refractivity contribution < 1.29 is 9.53 Å². The average Bonchev–Trinajstić information content (AvgIpc) is 2.34. The summed E-state index contributed by atoms with van der Waals surface area (Å²) < 4.78 is 5.83. The molecular formula is C16H15ClO2. The van der Waals surface area contributed by atoms with Crippen LogP contribution in [0.4, 0.5) is 0 Å². The molecule has 0 aromatic heterocycles. The number of ether oxygens (including phenoxy) is 1. The fraction of sp³-hybridized carbons (Fsp3) is 0.188. The maximum Gasteiger partial charge on any atom is 0.163 e. The third-order valence-corrected chi connectivity index (χ3v) is 3.11. The van der Waals surface area contributed by atoms with Crippen molar-refractivity contribution in [3.63, 3.8) is 0 Å². The molecule has 0 spiro atoms. The molecule has 98 valence electrons. The molecule has 0 fully saturated rings. The standard InChI is InChI=1S/C16H15ClO2/c1-10-4-6-15(11(2)8-10)19-16-7-5-13(17)9-14(16)12(3)18/h4-9H,1-3H3. The summed E-state index contributed by atoms with van der Waals surface area (Å²) in [5, 5.41) is 0.526. The molecule has 0 saturated carbocycles. The zero-order chi connectivity index (χ0) is 14.0. The number of hydrogen-bond donors (Lipinski definition) is 0. The molecule has 3 heteroatoms. The SMILES string of the molecule is CC(=O)c1cc(Cl)ccc1Oc1ccc(C)cc1C. The van der Waals surface area contributed by atoms with Gasteiger partial charge in [0.25, 0.3) is 0 Å². The zero-order valence-electron chi connectivity index (χ0n) is 11.2. The molecule has 0 amide bonds. The molecule has 19 heavy (non-hydrogen) atoms. The van der Waals surface area contributed by atoms with E-state index in [1.807, 2.05) is 32.0 Å². The summed E-state index contributed by atoms with van der Waals surface area (Å²) in [5.41, 5.74) is 2.70. The molecule has 0 unspecified atom stereocenters. The second-order valence-corrected chi connectivity index (χ2v) is 5.00. The molecule has 0 aliphatic heterocycles. The molecule has 0 radical (unpaired) electrons. The van der Waals surface area contributed by atoms with Crippen LogP contribution in [0.2, 0.25) is 5.02 Å². The van der Waals surface area contributed by atoms with Crippen molar-refractivity contribution in [2.45, 2.75) is 20.8 Å². The van der Waals surface area contributed by atoms with Crippen LogP contribution in [0.1, 0.15) is 28.4 Å². The van der Waals surface area contributed by atoms with E-state index in [0.717, 1.165) is 11.3 Å². The number of carbonyl (C=O) groups excluding carboxylic acids is 1. The monoisotopic (exact) mass is 274 g/mol. The van der Waals surface area contributed by atoms with Crippen LogP contribution in [0.3, 0.4) is 0 Å². The van der Waals surface area contributed by atoms with Gasteiger partial charge >= 0.3 is 0 Å². The highest BCUT2D eigenvalue weighted by molar-refractivity contribution is 6.31. The first kappa shape index (κ1) is 13.6. The first-order chi connectivity index (χ1) is 8.97. The summed E-state index contributed by atoms with van der Waals surface area (Å²) in [7, 11) is 0. The van der Waals surface area contributed by atoms with Crippen LogP contribution in [-0.4, -0.2) is 5.78 Å². The Bertz CT molecular complexity index is 633. The third kappa shape index (κ3) is 3.15. The fourth-order valence-corrected chi connectivity index (χ4v) is 2.07. The van der Waals surface area contributed by atoms with Gasteiger partial charge in [-0.15, -0.1) is 0 Å². The van der Waals surface area contributed by atoms with Gasteiger partial charge in [-0.2, -0.15) is 0 Å². The van der Waals surface area contributed by atoms with Crippen molar-refractivity contribution in [2.75, 3.05) is 0 Å². The van der Waals surface area contributed by atoms with Gasteiger partial charge in [0.15, 0.2) is 5.78 Å². The topological polar surface area (TPSA) is 26.3 Å². The van der Waals surface area contributed by atoms with Gasteiger partial charge in [0.05, 0.1) is 5.56 Å². The zero-order valence-corrected chi connectivity index (χ0v) is 11.9. The molecule has 0 atom stereocenters. The number of hydrogen-bond acceptors (Lipinski definition) is 2. The Morgan fingerprint density at radius 3 is 2.37 bits per heavy atom. The van der Waals surface area contributed by atoms with E-state index in [4.69, 9.17) is 16.3 Å². The van der Waals surface area contributed by atoms with Crippen molar-refractivity contribution in [3.8, 4) is 11.5 Å². The molecule has 2 nitrogen and oxygen atoms in total. The molecule has 0 heterocycles. The first-order valence-corrected chi connectivity index (χ1v) is 6.41. The van der Waals surface area contributed by atoms with E-state index >= 15 is 0 Å². The minimum absolute atomic E-state index is 0.0673. The normalized spacial score (nSPS) is 10.3. The maximum atomic E-state index is 11.6. The van der Waals surface area contributed by atoms with E-state index in [-0.39, 0.29) is 5.78 Å². The minimum Gasteiger partial charge on any atom is -0.456 e. The molecule has 0 saturated heterocycles. The highest BCUT2D eigenvalue weighted by atomic mass is 35.5. The molecule has 0 bridgehead atoms. The van der Waals surface area contributed by atoms with Crippen molar-refractivity contribution in [2.24, 2.45) is 0 Å². The summed E-state index contributed by atoms with van der Waals surface area (Å²) in [4.78, 5) is 11.6. The molecule has 2 rings (SSSR count). The quantitative estimate of drug-likeness (QED) is 0.740. The lowest BCUT2D eigenvalue weighted by Crippen LogP contribution is -1.98. The van der Waals surface area contributed by atoms with Crippen LogP contribution in [0, 0.1) is 13.8 Å². The number of halogens is 1. The Balaban J connectivity index is 2.40. The number of rotatable bonds is 3. The molecular weight excluding hydrogens is 260 g/mol. The van der Waals surface area contributed by atoms with Crippen LogP contribution < -0.4 is 4.74 Å². The molecule has 0 aliphatic rings. The van der Waals surface area contributed by atoms with Crippen LogP contribution in [0.5, 0.6) is 11.5 Å². The predicted molar refractivity (Wildman–Crippen MR) is 77.4 cm³/mol. The molecule has 0 aliphatic carbocycles. The van der Waals surface area contributed by atoms with Gasteiger partial charge in [-0.3, -0.25) is 4.79 Å². The van der Waals surface area contributed by atoms with Crippen molar-refractivity contribution in [1.82, 2.24) is 0 Å². The molecule has 2 aromatic carbocycles.